The number of aromatic amines is 1. The molecule has 3 heterocycles. The Labute approximate surface area is 185 Å². The molecular weight excluding hydrogens is 480 g/mol. The van der Waals surface area contributed by atoms with Crippen LogP contribution in [0.25, 0.3) is 21.3 Å². The highest BCUT2D eigenvalue weighted by Crippen LogP contribution is 2.36. The zero-order valence-corrected chi connectivity index (χ0v) is 18.8. The predicted molar refractivity (Wildman–Crippen MR) is 117 cm³/mol. The molecule has 4 N–H and O–H groups in total. The van der Waals surface area contributed by atoms with E-state index in [4.69, 9.17) is 9.56 Å². The number of nitrogens with two attached hydrogens (primary N) is 1. The van der Waals surface area contributed by atoms with E-state index >= 15 is 0 Å². The van der Waals surface area contributed by atoms with Gasteiger partial charge in [0.05, 0.1) is 16.8 Å². The van der Waals surface area contributed by atoms with Crippen molar-refractivity contribution in [3.63, 3.8) is 0 Å². The molecule has 1 atom stereocenters. The van der Waals surface area contributed by atoms with Gasteiger partial charge in [-0.2, -0.15) is 13.1 Å². The van der Waals surface area contributed by atoms with E-state index < -0.39 is 25.3 Å². The quantitative estimate of drug-likeness (QED) is 0.326. The first kappa shape index (κ1) is 22.2. The van der Waals surface area contributed by atoms with Crippen molar-refractivity contribution in [1.29, 1.82) is 0 Å². The van der Waals surface area contributed by atoms with Gasteiger partial charge in [-0.3, -0.25) is 4.79 Å². The Balaban J connectivity index is 1.71. The fourth-order valence-corrected chi connectivity index (χ4v) is 5.76. The molecule has 0 bridgehead atoms. The van der Waals surface area contributed by atoms with E-state index in [1.54, 1.807) is 24.4 Å². The number of nitrogens with zero attached hydrogens (tertiary/aromatic N) is 3. The van der Waals surface area contributed by atoms with Gasteiger partial charge in [0.25, 0.3) is 10.2 Å². The maximum absolute atomic E-state index is 12.5. The minimum atomic E-state index is -3.99. The van der Waals surface area contributed by atoms with Crippen molar-refractivity contribution in [2.24, 2.45) is 5.14 Å². The van der Waals surface area contributed by atoms with E-state index in [2.05, 4.69) is 20.2 Å². The summed E-state index contributed by atoms with van der Waals surface area (Å²) in [6, 6.07) is 8.47. The number of benzene rings is 1. The first-order valence-corrected chi connectivity index (χ1v) is 13.2. The van der Waals surface area contributed by atoms with E-state index in [9.17, 15) is 21.6 Å². The van der Waals surface area contributed by atoms with Crippen LogP contribution in [0.5, 0.6) is 0 Å². The summed E-state index contributed by atoms with van der Waals surface area (Å²) < 4.78 is 55.2. The molecule has 168 valence electrons. The molecule has 4 aromatic rings. The van der Waals surface area contributed by atoms with Gasteiger partial charge in [0, 0.05) is 18.5 Å². The van der Waals surface area contributed by atoms with Gasteiger partial charge in [0.1, 0.15) is 5.01 Å². The topological polar surface area (TPSA) is 191 Å². The third kappa shape index (κ3) is 4.91. The van der Waals surface area contributed by atoms with Crippen molar-refractivity contribution >= 4 is 41.6 Å². The van der Waals surface area contributed by atoms with Crippen molar-refractivity contribution < 1.29 is 21.3 Å². The van der Waals surface area contributed by atoms with Crippen LogP contribution < -0.4 is 15.4 Å². The van der Waals surface area contributed by atoms with Crippen LogP contribution in [0.15, 0.2) is 45.7 Å². The summed E-state index contributed by atoms with van der Waals surface area (Å²) in [4.78, 5) is 18.3. The second-order valence-electron chi connectivity index (χ2n) is 6.79. The van der Waals surface area contributed by atoms with Crippen LogP contribution in [-0.2, 0) is 26.6 Å². The molecule has 0 amide bonds. The van der Waals surface area contributed by atoms with E-state index in [-0.39, 0.29) is 28.9 Å². The number of rotatable bonds is 7. The lowest BCUT2D eigenvalue weighted by Gasteiger charge is -2.07. The normalized spacial score (nSPS) is 13.4. The molecular formula is C17H16N6O6S3. The molecule has 1 unspecified atom stereocenters. The lowest BCUT2D eigenvalue weighted by Crippen LogP contribution is -2.30. The largest absolute Gasteiger partial charge is 0.422 e. The van der Waals surface area contributed by atoms with Crippen LogP contribution in [0.3, 0.4) is 0 Å². The SMILES string of the molecule is CS(=O)(=O)C(c1nnc(CNS(N)(=O)=O)o1)c1nc2ccc(-c3ccc(=O)[nH]c3)cc2s1. The highest BCUT2D eigenvalue weighted by molar-refractivity contribution is 7.91. The first-order valence-electron chi connectivity index (χ1n) is 8.88. The van der Waals surface area contributed by atoms with Crippen LogP contribution in [0.2, 0.25) is 0 Å². The Morgan fingerprint density at radius 1 is 1.16 bits per heavy atom. The first-order chi connectivity index (χ1) is 15.0. The number of sulfone groups is 1. The number of pyridine rings is 1. The fraction of sp³-hybridized carbons (Fsp3) is 0.176. The third-order valence-corrected chi connectivity index (χ3v) is 7.37. The zero-order valence-electron chi connectivity index (χ0n) is 16.3. The minimum Gasteiger partial charge on any atom is -0.422 e. The minimum absolute atomic E-state index is 0.149. The van der Waals surface area contributed by atoms with Gasteiger partial charge in [-0.25, -0.2) is 18.5 Å². The van der Waals surface area contributed by atoms with Gasteiger partial charge < -0.3 is 9.40 Å². The molecule has 0 saturated carbocycles. The van der Waals surface area contributed by atoms with Gasteiger partial charge >= 0.3 is 0 Å². The number of hydrogen-bond donors (Lipinski definition) is 3. The lowest BCUT2D eigenvalue weighted by molar-refractivity contribution is 0.444. The molecule has 0 aliphatic rings. The Morgan fingerprint density at radius 2 is 1.91 bits per heavy atom. The summed E-state index contributed by atoms with van der Waals surface area (Å²) in [5.41, 5.74) is 1.95. The van der Waals surface area contributed by atoms with Crippen molar-refractivity contribution in [1.82, 2.24) is 24.9 Å². The summed E-state index contributed by atoms with van der Waals surface area (Å²) in [5, 5.41) is 11.2. The fourth-order valence-electron chi connectivity index (χ4n) is 2.90. The Bertz CT molecular complexity index is 1550. The summed E-state index contributed by atoms with van der Waals surface area (Å²) in [7, 11) is -7.75. The lowest BCUT2D eigenvalue weighted by atomic mass is 10.1. The Kier molecular flexibility index (Phi) is 5.68. The van der Waals surface area contributed by atoms with E-state index in [1.165, 1.54) is 6.07 Å². The number of thiazole rings is 1. The van der Waals surface area contributed by atoms with E-state index in [1.807, 2.05) is 10.8 Å². The van der Waals surface area contributed by atoms with Gasteiger partial charge in [0.2, 0.25) is 17.3 Å². The molecule has 0 aliphatic heterocycles. The smallest absolute Gasteiger partial charge is 0.274 e. The number of H-pyrrole nitrogens is 1. The highest BCUT2D eigenvalue weighted by atomic mass is 32.2. The van der Waals surface area contributed by atoms with Gasteiger partial charge in [-0.1, -0.05) is 6.07 Å². The molecule has 12 nitrogen and oxygen atoms in total. The number of nitrogens with one attached hydrogen (secondary N) is 2. The summed E-state index contributed by atoms with van der Waals surface area (Å²) in [6.07, 6.45) is 2.60. The van der Waals surface area contributed by atoms with Crippen molar-refractivity contribution in [3.05, 3.63) is 63.7 Å². The standard InChI is InChI=1S/C17H16N6O6S3/c1-31(25,26)15(16-23-22-14(29-16)8-20-32(18,27)28)17-21-11-4-2-9(6-12(11)30-17)10-3-5-13(24)19-7-10/h2-7,15,20H,8H2,1H3,(H,19,24)(H2,18,27,28). The van der Waals surface area contributed by atoms with Gasteiger partial charge in [0.15, 0.2) is 15.1 Å². The summed E-state index contributed by atoms with van der Waals surface area (Å²) >= 11 is 1.14. The van der Waals surface area contributed by atoms with Crippen molar-refractivity contribution in [2.75, 3.05) is 6.26 Å². The van der Waals surface area contributed by atoms with Crippen molar-refractivity contribution in [3.8, 4) is 11.1 Å². The highest BCUT2D eigenvalue weighted by Gasteiger charge is 2.34. The predicted octanol–water partition coefficient (Wildman–Crippen LogP) is 0.462. The van der Waals surface area contributed by atoms with Crippen molar-refractivity contribution in [2.45, 2.75) is 11.8 Å². The summed E-state index contributed by atoms with van der Waals surface area (Å²) in [6.45, 7) is -0.384. The van der Waals surface area contributed by atoms with E-state index in [0.717, 1.165) is 28.7 Å². The Hall–Kier alpha value is -2.98. The van der Waals surface area contributed by atoms with Gasteiger partial charge in [-0.15, -0.1) is 21.5 Å². The molecule has 32 heavy (non-hydrogen) atoms. The maximum atomic E-state index is 12.5. The number of hydrogen-bond acceptors (Lipinski definition) is 10. The molecule has 0 spiro atoms. The zero-order chi connectivity index (χ0) is 23.1. The molecule has 0 saturated heterocycles. The average molecular weight is 497 g/mol. The molecule has 3 aromatic heterocycles. The molecule has 0 fully saturated rings. The molecule has 4 rings (SSSR count). The van der Waals surface area contributed by atoms with Crippen LogP contribution in [0.1, 0.15) is 22.0 Å². The maximum Gasteiger partial charge on any atom is 0.274 e. The van der Waals surface area contributed by atoms with Gasteiger partial charge in [-0.05, 0) is 29.3 Å². The molecule has 0 radical (unpaired) electrons. The summed E-state index contributed by atoms with van der Waals surface area (Å²) in [5.74, 6) is -0.386. The Morgan fingerprint density at radius 3 is 2.56 bits per heavy atom. The third-order valence-electron chi connectivity index (χ3n) is 4.31. The monoisotopic (exact) mass is 496 g/mol. The van der Waals surface area contributed by atoms with Crippen LogP contribution >= 0.6 is 11.3 Å². The van der Waals surface area contributed by atoms with Crippen LogP contribution in [-0.4, -0.2) is 43.3 Å². The van der Waals surface area contributed by atoms with Crippen LogP contribution in [0.4, 0.5) is 0 Å². The molecule has 15 heteroatoms. The molecule has 0 aliphatic carbocycles. The number of fused-ring (bicyclic) bond motifs is 1. The number of aromatic nitrogens is 4. The molecule has 1 aromatic carbocycles. The second kappa shape index (κ2) is 8.18. The van der Waals surface area contributed by atoms with E-state index in [0.29, 0.717) is 10.2 Å². The second-order valence-corrected chi connectivity index (χ2v) is 11.4. The average Bonchev–Trinajstić information content (AvgIpc) is 3.32. The van der Waals surface area contributed by atoms with Crippen LogP contribution in [0, 0.1) is 0 Å².